The predicted molar refractivity (Wildman–Crippen MR) is 65.8 cm³/mol. The van der Waals surface area contributed by atoms with Crippen molar-refractivity contribution >= 4 is 11.6 Å². The van der Waals surface area contributed by atoms with Crippen LogP contribution in [0.1, 0.15) is 32.4 Å². The Morgan fingerprint density at radius 3 is 2.38 bits per heavy atom. The van der Waals surface area contributed by atoms with Gasteiger partial charge in [-0.25, -0.2) is 0 Å². The number of halogens is 1. The summed E-state index contributed by atoms with van der Waals surface area (Å²) in [7, 11) is 0. The molecule has 16 heavy (non-hydrogen) atoms. The van der Waals surface area contributed by atoms with Crippen LogP contribution in [-0.2, 0) is 0 Å². The van der Waals surface area contributed by atoms with E-state index in [4.69, 9.17) is 22.1 Å². The lowest BCUT2D eigenvalue weighted by atomic mass is 10.0. The zero-order valence-electron chi connectivity index (χ0n) is 9.77. The van der Waals surface area contributed by atoms with E-state index in [1.165, 1.54) is 0 Å². The van der Waals surface area contributed by atoms with Crippen LogP contribution < -0.4 is 10.5 Å². The molecule has 2 unspecified atom stereocenters. The Morgan fingerprint density at radius 2 is 1.94 bits per heavy atom. The minimum absolute atomic E-state index is 0.0710. The van der Waals surface area contributed by atoms with E-state index in [0.717, 1.165) is 0 Å². The number of hydrogen-bond acceptors (Lipinski definition) is 3. The van der Waals surface area contributed by atoms with Crippen LogP contribution in [0.25, 0.3) is 0 Å². The minimum atomic E-state index is -0.703. The van der Waals surface area contributed by atoms with Gasteiger partial charge < -0.3 is 15.6 Å². The maximum Gasteiger partial charge on any atom is 0.138 e. The van der Waals surface area contributed by atoms with Gasteiger partial charge in [-0.3, -0.25) is 0 Å². The SMILES string of the molecule is CC(C)Oc1ccc(C(O)C(C)N)cc1Cl. The Bertz CT molecular complexity index is 353. The van der Waals surface area contributed by atoms with E-state index in [9.17, 15) is 5.11 Å². The molecule has 0 radical (unpaired) electrons. The smallest absolute Gasteiger partial charge is 0.138 e. The fourth-order valence-corrected chi connectivity index (χ4v) is 1.59. The van der Waals surface area contributed by atoms with Crippen molar-refractivity contribution < 1.29 is 9.84 Å². The van der Waals surface area contributed by atoms with Crippen molar-refractivity contribution in [3.63, 3.8) is 0 Å². The first-order valence-corrected chi connectivity index (χ1v) is 5.69. The average Bonchev–Trinajstić information content (AvgIpc) is 2.19. The molecule has 0 amide bonds. The third-order valence-corrected chi connectivity index (χ3v) is 2.45. The van der Waals surface area contributed by atoms with Crippen molar-refractivity contribution in [3.8, 4) is 5.75 Å². The number of rotatable bonds is 4. The molecule has 1 aromatic rings. The summed E-state index contributed by atoms with van der Waals surface area (Å²) in [6.07, 6.45) is -0.632. The van der Waals surface area contributed by atoms with Gasteiger partial charge in [0.05, 0.1) is 17.2 Å². The molecule has 0 aliphatic heterocycles. The molecule has 3 nitrogen and oxygen atoms in total. The number of benzene rings is 1. The van der Waals surface area contributed by atoms with Gasteiger partial charge in [-0.1, -0.05) is 17.7 Å². The Morgan fingerprint density at radius 1 is 1.31 bits per heavy atom. The van der Waals surface area contributed by atoms with Gasteiger partial charge in [-0.15, -0.1) is 0 Å². The molecule has 0 bridgehead atoms. The summed E-state index contributed by atoms with van der Waals surface area (Å²) in [6, 6.07) is 4.89. The summed E-state index contributed by atoms with van der Waals surface area (Å²) in [5.41, 5.74) is 6.32. The lowest BCUT2D eigenvalue weighted by molar-refractivity contribution is 0.153. The minimum Gasteiger partial charge on any atom is -0.489 e. The molecule has 0 heterocycles. The number of nitrogens with two attached hydrogens (primary N) is 1. The van der Waals surface area contributed by atoms with Crippen LogP contribution in [0.3, 0.4) is 0 Å². The highest BCUT2D eigenvalue weighted by Crippen LogP contribution is 2.29. The third kappa shape index (κ3) is 3.37. The molecular formula is C12H18ClNO2. The number of aliphatic hydroxyl groups is 1. The van der Waals surface area contributed by atoms with Crippen molar-refractivity contribution in [2.75, 3.05) is 0 Å². The highest BCUT2D eigenvalue weighted by Gasteiger charge is 2.14. The number of ether oxygens (including phenoxy) is 1. The van der Waals surface area contributed by atoms with Gasteiger partial charge in [0.25, 0.3) is 0 Å². The molecule has 1 rings (SSSR count). The fourth-order valence-electron chi connectivity index (χ4n) is 1.35. The molecule has 2 atom stereocenters. The van der Waals surface area contributed by atoms with Crippen LogP contribution in [0.15, 0.2) is 18.2 Å². The van der Waals surface area contributed by atoms with Gasteiger partial charge >= 0.3 is 0 Å². The van der Waals surface area contributed by atoms with Gasteiger partial charge in [-0.2, -0.15) is 0 Å². The first-order chi connectivity index (χ1) is 7.41. The normalized spacial score (nSPS) is 14.9. The summed E-state index contributed by atoms with van der Waals surface area (Å²) in [5, 5.41) is 10.3. The van der Waals surface area contributed by atoms with E-state index < -0.39 is 6.10 Å². The molecular weight excluding hydrogens is 226 g/mol. The maximum atomic E-state index is 9.77. The third-order valence-electron chi connectivity index (χ3n) is 2.16. The van der Waals surface area contributed by atoms with Crippen molar-refractivity contribution in [3.05, 3.63) is 28.8 Å². The molecule has 0 saturated carbocycles. The zero-order chi connectivity index (χ0) is 12.3. The summed E-state index contributed by atoms with van der Waals surface area (Å²) < 4.78 is 5.50. The van der Waals surface area contributed by atoms with Gasteiger partial charge in [0, 0.05) is 6.04 Å². The van der Waals surface area contributed by atoms with E-state index in [2.05, 4.69) is 0 Å². The topological polar surface area (TPSA) is 55.5 Å². The van der Waals surface area contributed by atoms with E-state index >= 15 is 0 Å². The zero-order valence-corrected chi connectivity index (χ0v) is 10.5. The van der Waals surface area contributed by atoms with E-state index in [-0.39, 0.29) is 12.1 Å². The first kappa shape index (κ1) is 13.3. The second-order valence-electron chi connectivity index (χ2n) is 4.16. The Kier molecular flexibility index (Phi) is 4.59. The highest BCUT2D eigenvalue weighted by atomic mass is 35.5. The van der Waals surface area contributed by atoms with E-state index in [1.807, 2.05) is 13.8 Å². The standard InChI is InChI=1S/C12H18ClNO2/c1-7(2)16-11-5-4-9(6-10(11)13)12(15)8(3)14/h4-8,12,15H,14H2,1-3H3. The maximum absolute atomic E-state index is 9.77. The largest absolute Gasteiger partial charge is 0.489 e. The Balaban J connectivity index is 2.90. The lowest BCUT2D eigenvalue weighted by Crippen LogP contribution is -2.24. The molecule has 1 aromatic carbocycles. The van der Waals surface area contributed by atoms with Crippen LogP contribution in [0.4, 0.5) is 0 Å². The summed E-state index contributed by atoms with van der Waals surface area (Å²) in [5.74, 6) is 0.622. The summed E-state index contributed by atoms with van der Waals surface area (Å²) >= 11 is 6.05. The quantitative estimate of drug-likeness (QED) is 0.854. The average molecular weight is 244 g/mol. The van der Waals surface area contributed by atoms with E-state index in [0.29, 0.717) is 16.3 Å². The lowest BCUT2D eigenvalue weighted by Gasteiger charge is -2.17. The Hall–Kier alpha value is -0.770. The van der Waals surface area contributed by atoms with Crippen molar-refractivity contribution in [2.45, 2.75) is 39.0 Å². The Labute approximate surface area is 101 Å². The highest BCUT2D eigenvalue weighted by molar-refractivity contribution is 6.32. The molecule has 0 spiro atoms. The molecule has 0 aliphatic rings. The molecule has 4 heteroatoms. The van der Waals surface area contributed by atoms with Crippen molar-refractivity contribution in [2.24, 2.45) is 5.73 Å². The van der Waals surface area contributed by atoms with Gasteiger partial charge in [0.1, 0.15) is 5.75 Å². The summed E-state index contributed by atoms with van der Waals surface area (Å²) in [4.78, 5) is 0. The molecule has 0 saturated heterocycles. The van der Waals surface area contributed by atoms with Crippen LogP contribution in [-0.4, -0.2) is 17.3 Å². The van der Waals surface area contributed by atoms with E-state index in [1.54, 1.807) is 25.1 Å². The van der Waals surface area contributed by atoms with Crippen LogP contribution in [0.5, 0.6) is 5.75 Å². The first-order valence-electron chi connectivity index (χ1n) is 5.31. The fraction of sp³-hybridized carbons (Fsp3) is 0.500. The van der Waals surface area contributed by atoms with Crippen LogP contribution in [0.2, 0.25) is 5.02 Å². The molecule has 3 N–H and O–H groups in total. The van der Waals surface area contributed by atoms with Crippen LogP contribution in [0, 0.1) is 0 Å². The molecule has 0 aromatic heterocycles. The molecule has 90 valence electrons. The number of aliphatic hydroxyl groups excluding tert-OH is 1. The predicted octanol–water partition coefficient (Wildman–Crippen LogP) is 2.51. The van der Waals surface area contributed by atoms with Gasteiger partial charge in [0.2, 0.25) is 0 Å². The van der Waals surface area contributed by atoms with Crippen LogP contribution >= 0.6 is 11.6 Å². The second-order valence-corrected chi connectivity index (χ2v) is 4.57. The second kappa shape index (κ2) is 5.53. The molecule has 0 aliphatic carbocycles. The summed E-state index contributed by atoms with van der Waals surface area (Å²) in [6.45, 7) is 5.61. The van der Waals surface area contributed by atoms with Crippen molar-refractivity contribution in [1.82, 2.24) is 0 Å². The van der Waals surface area contributed by atoms with Crippen molar-refractivity contribution in [1.29, 1.82) is 0 Å². The number of hydrogen-bond donors (Lipinski definition) is 2. The van der Waals surface area contributed by atoms with Gasteiger partial charge in [0.15, 0.2) is 0 Å². The molecule has 0 fully saturated rings. The monoisotopic (exact) mass is 243 g/mol. The van der Waals surface area contributed by atoms with Gasteiger partial charge in [-0.05, 0) is 38.5 Å².